The second-order valence-electron chi connectivity index (χ2n) is 3.76. The zero-order valence-electron chi connectivity index (χ0n) is 9.58. The van der Waals surface area contributed by atoms with Gasteiger partial charge in [0.1, 0.15) is 0 Å². The van der Waals surface area contributed by atoms with Crippen LogP contribution in [0.4, 0.5) is 5.69 Å². The second kappa shape index (κ2) is 5.38. The number of aryl methyl sites for hydroxylation is 1. The number of benzene rings is 1. The van der Waals surface area contributed by atoms with E-state index in [4.69, 9.17) is 23.2 Å². The first kappa shape index (κ1) is 12.9. The highest BCUT2D eigenvalue weighted by atomic mass is 35.5. The number of nitrogens with zero attached hydrogens (tertiary/aromatic N) is 1. The lowest BCUT2D eigenvalue weighted by molar-refractivity contribution is 0.102. The number of halogens is 2. The maximum atomic E-state index is 12.1. The predicted molar refractivity (Wildman–Crippen MR) is 73.4 cm³/mol. The number of anilines is 1. The predicted octanol–water partition coefficient (Wildman–Crippen LogP) is 3.95. The van der Waals surface area contributed by atoms with Gasteiger partial charge in [-0.25, -0.2) is 4.98 Å². The molecule has 0 atom stereocenters. The Kier molecular flexibility index (Phi) is 3.84. The fraction of sp³-hybridized carbons (Fsp3) is 0.0769. The van der Waals surface area contributed by atoms with Crippen LogP contribution in [-0.4, -0.2) is 10.9 Å². The summed E-state index contributed by atoms with van der Waals surface area (Å²) >= 11 is 11.8. The minimum Gasteiger partial charge on any atom is -0.319 e. The number of carbonyl (C=O) groups excluding carboxylic acids is 1. The molecule has 2 rings (SSSR count). The van der Waals surface area contributed by atoms with Crippen molar-refractivity contribution in [1.29, 1.82) is 0 Å². The van der Waals surface area contributed by atoms with Gasteiger partial charge in [0.15, 0.2) is 5.15 Å². The summed E-state index contributed by atoms with van der Waals surface area (Å²) in [6.07, 6.45) is 1.56. The van der Waals surface area contributed by atoms with E-state index in [2.05, 4.69) is 10.3 Å². The molecule has 1 amide bonds. The Bertz CT molecular complexity index is 599. The van der Waals surface area contributed by atoms with Crippen molar-refractivity contribution in [3.05, 3.63) is 57.8 Å². The maximum absolute atomic E-state index is 12.1. The fourth-order valence-electron chi connectivity index (χ4n) is 1.51. The lowest BCUT2D eigenvalue weighted by atomic mass is 10.1. The molecule has 1 aromatic heterocycles. The van der Waals surface area contributed by atoms with Gasteiger partial charge in [0.2, 0.25) is 0 Å². The summed E-state index contributed by atoms with van der Waals surface area (Å²) in [5.74, 6) is -0.259. The highest BCUT2D eigenvalue weighted by molar-refractivity contribution is 6.33. The van der Waals surface area contributed by atoms with Gasteiger partial charge in [-0.2, -0.15) is 0 Å². The van der Waals surface area contributed by atoms with E-state index in [1.165, 1.54) is 0 Å². The van der Waals surface area contributed by atoms with Gasteiger partial charge in [-0.3, -0.25) is 4.79 Å². The standard InChI is InChI=1S/C13H10Cl2N2O/c1-8-4-5-9(14)7-10(8)13(18)17-11-3-2-6-16-12(11)15/h2-7H,1H3,(H,17,18). The molecular formula is C13H10Cl2N2O. The molecule has 5 heteroatoms. The quantitative estimate of drug-likeness (QED) is 0.847. The van der Waals surface area contributed by atoms with Crippen LogP contribution in [0.15, 0.2) is 36.5 Å². The van der Waals surface area contributed by atoms with Crippen LogP contribution >= 0.6 is 23.2 Å². The van der Waals surface area contributed by atoms with E-state index < -0.39 is 0 Å². The molecule has 1 N–H and O–H groups in total. The Morgan fingerprint density at radius 2 is 2.06 bits per heavy atom. The van der Waals surface area contributed by atoms with Crippen molar-refractivity contribution in [2.75, 3.05) is 5.32 Å². The zero-order valence-corrected chi connectivity index (χ0v) is 11.1. The summed E-state index contributed by atoms with van der Waals surface area (Å²) < 4.78 is 0. The molecule has 2 aromatic rings. The molecule has 18 heavy (non-hydrogen) atoms. The number of aromatic nitrogens is 1. The molecule has 0 fully saturated rings. The summed E-state index contributed by atoms with van der Waals surface area (Å²) in [5.41, 5.74) is 1.84. The van der Waals surface area contributed by atoms with Crippen LogP contribution in [0, 0.1) is 6.92 Å². The Balaban J connectivity index is 2.28. The van der Waals surface area contributed by atoms with Gasteiger partial charge in [-0.1, -0.05) is 29.3 Å². The van der Waals surface area contributed by atoms with E-state index in [-0.39, 0.29) is 11.1 Å². The average Bonchev–Trinajstić information content (AvgIpc) is 2.35. The zero-order chi connectivity index (χ0) is 13.1. The first-order valence-corrected chi connectivity index (χ1v) is 6.01. The van der Waals surface area contributed by atoms with E-state index in [1.54, 1.807) is 36.5 Å². The fourth-order valence-corrected chi connectivity index (χ4v) is 1.85. The third-order valence-corrected chi connectivity index (χ3v) is 2.99. The van der Waals surface area contributed by atoms with Crippen molar-refractivity contribution in [2.45, 2.75) is 6.92 Å². The number of nitrogens with one attached hydrogen (secondary N) is 1. The summed E-state index contributed by atoms with van der Waals surface area (Å²) in [5, 5.41) is 3.47. The van der Waals surface area contributed by atoms with Crippen molar-refractivity contribution in [2.24, 2.45) is 0 Å². The molecule has 0 saturated carbocycles. The molecule has 0 radical (unpaired) electrons. The normalized spacial score (nSPS) is 10.2. The minimum absolute atomic E-state index is 0.255. The maximum Gasteiger partial charge on any atom is 0.256 e. The summed E-state index contributed by atoms with van der Waals surface area (Å²) in [7, 11) is 0. The van der Waals surface area contributed by atoms with Gasteiger partial charge in [0, 0.05) is 16.8 Å². The van der Waals surface area contributed by atoms with E-state index in [9.17, 15) is 4.79 Å². The molecule has 0 aliphatic rings. The summed E-state index contributed by atoms with van der Waals surface area (Å²) in [6.45, 7) is 1.84. The Hall–Kier alpha value is -1.58. The smallest absolute Gasteiger partial charge is 0.256 e. The Morgan fingerprint density at radius 3 is 2.78 bits per heavy atom. The minimum atomic E-state index is -0.259. The molecular weight excluding hydrogens is 271 g/mol. The van der Waals surface area contributed by atoms with Crippen LogP contribution in [-0.2, 0) is 0 Å². The number of hydrogen-bond donors (Lipinski definition) is 1. The van der Waals surface area contributed by atoms with Crippen molar-refractivity contribution < 1.29 is 4.79 Å². The number of pyridine rings is 1. The molecule has 1 aromatic carbocycles. The van der Waals surface area contributed by atoms with Crippen molar-refractivity contribution in [3.8, 4) is 0 Å². The van der Waals surface area contributed by atoms with E-state index in [1.807, 2.05) is 6.92 Å². The Morgan fingerprint density at radius 1 is 1.28 bits per heavy atom. The van der Waals surface area contributed by atoms with E-state index in [0.717, 1.165) is 5.56 Å². The van der Waals surface area contributed by atoms with E-state index in [0.29, 0.717) is 16.3 Å². The van der Waals surface area contributed by atoms with E-state index >= 15 is 0 Å². The monoisotopic (exact) mass is 280 g/mol. The van der Waals surface area contributed by atoms with Gasteiger partial charge in [0.05, 0.1) is 5.69 Å². The van der Waals surface area contributed by atoms with Gasteiger partial charge < -0.3 is 5.32 Å². The van der Waals surface area contributed by atoms with Crippen LogP contribution in [0.5, 0.6) is 0 Å². The summed E-state index contributed by atoms with van der Waals surface area (Å²) in [6, 6.07) is 8.54. The molecule has 0 aliphatic heterocycles. The lowest BCUT2D eigenvalue weighted by Gasteiger charge is -2.08. The number of amides is 1. The first-order valence-electron chi connectivity index (χ1n) is 5.26. The molecule has 1 heterocycles. The topological polar surface area (TPSA) is 42.0 Å². The van der Waals surface area contributed by atoms with Gasteiger partial charge >= 0.3 is 0 Å². The average molecular weight is 281 g/mol. The van der Waals surface area contributed by atoms with Crippen LogP contribution < -0.4 is 5.32 Å². The number of hydrogen-bond acceptors (Lipinski definition) is 2. The van der Waals surface area contributed by atoms with Crippen molar-refractivity contribution in [1.82, 2.24) is 4.98 Å². The highest BCUT2D eigenvalue weighted by Gasteiger charge is 2.11. The lowest BCUT2D eigenvalue weighted by Crippen LogP contribution is -2.13. The first-order chi connectivity index (χ1) is 8.58. The Labute approximate surface area is 115 Å². The van der Waals surface area contributed by atoms with Crippen LogP contribution in [0.25, 0.3) is 0 Å². The SMILES string of the molecule is Cc1ccc(Cl)cc1C(=O)Nc1cccnc1Cl. The van der Waals surface area contributed by atoms with Gasteiger partial charge in [0.25, 0.3) is 5.91 Å². The van der Waals surface area contributed by atoms with Gasteiger partial charge in [-0.15, -0.1) is 0 Å². The van der Waals surface area contributed by atoms with Crippen molar-refractivity contribution in [3.63, 3.8) is 0 Å². The van der Waals surface area contributed by atoms with Gasteiger partial charge in [-0.05, 0) is 36.8 Å². The number of carbonyl (C=O) groups is 1. The van der Waals surface area contributed by atoms with Crippen LogP contribution in [0.1, 0.15) is 15.9 Å². The van der Waals surface area contributed by atoms with Crippen molar-refractivity contribution >= 4 is 34.8 Å². The third-order valence-electron chi connectivity index (χ3n) is 2.45. The second-order valence-corrected chi connectivity index (χ2v) is 4.55. The highest BCUT2D eigenvalue weighted by Crippen LogP contribution is 2.20. The largest absolute Gasteiger partial charge is 0.319 e. The van der Waals surface area contributed by atoms with Crippen LogP contribution in [0.2, 0.25) is 10.2 Å². The molecule has 0 bridgehead atoms. The van der Waals surface area contributed by atoms with Crippen LogP contribution in [0.3, 0.4) is 0 Å². The summed E-state index contributed by atoms with van der Waals surface area (Å²) in [4.78, 5) is 16.0. The molecule has 0 saturated heterocycles. The molecule has 0 aliphatic carbocycles. The molecule has 3 nitrogen and oxygen atoms in total. The number of rotatable bonds is 2. The molecule has 92 valence electrons. The molecule has 0 unspecified atom stereocenters. The third kappa shape index (κ3) is 2.81. The molecule has 0 spiro atoms.